The number of nitriles is 1. The maximum absolute atomic E-state index is 14.2. The summed E-state index contributed by atoms with van der Waals surface area (Å²) in [6.07, 6.45) is -1.24. The summed E-state index contributed by atoms with van der Waals surface area (Å²) < 4.78 is 40.0. The van der Waals surface area contributed by atoms with E-state index < -0.39 is 23.4 Å². The van der Waals surface area contributed by atoms with Gasteiger partial charge in [0.2, 0.25) is 0 Å². The number of aromatic amines is 1. The van der Waals surface area contributed by atoms with Crippen LogP contribution in [-0.4, -0.2) is 41.0 Å². The molecule has 4 rings (SSSR count). The molecule has 0 aliphatic carbocycles. The third-order valence-corrected chi connectivity index (χ3v) is 5.21. The molecule has 6 nitrogen and oxygen atoms in total. The standard InChI is InChI=1S/C21H18F3N5O/c22-16-7-13(10-25)1-2-19(16)29-5-3-28(4-6-29)12-14-8-18-17(26-11-14)9-15(20(23)24)21(30)27-18/h1-2,7-9,11,20H,3-6,12H2,(H,27,30). The number of anilines is 1. The largest absolute Gasteiger partial charge is 0.367 e. The number of rotatable bonds is 4. The van der Waals surface area contributed by atoms with Crippen LogP contribution in [0.4, 0.5) is 18.9 Å². The van der Waals surface area contributed by atoms with Crippen molar-refractivity contribution in [1.82, 2.24) is 14.9 Å². The van der Waals surface area contributed by atoms with Crippen molar-refractivity contribution in [2.75, 3.05) is 31.1 Å². The summed E-state index contributed by atoms with van der Waals surface area (Å²) in [7, 11) is 0. The van der Waals surface area contributed by atoms with Crippen LogP contribution in [0, 0.1) is 17.1 Å². The zero-order valence-corrected chi connectivity index (χ0v) is 15.9. The molecule has 1 aromatic carbocycles. The lowest BCUT2D eigenvalue weighted by atomic mass is 10.1. The van der Waals surface area contributed by atoms with Crippen LogP contribution < -0.4 is 10.5 Å². The highest BCUT2D eigenvalue weighted by molar-refractivity contribution is 5.74. The maximum atomic E-state index is 14.2. The van der Waals surface area contributed by atoms with Gasteiger partial charge in [-0.2, -0.15) is 5.26 Å². The summed E-state index contributed by atoms with van der Waals surface area (Å²) in [5.74, 6) is -0.409. The molecule has 0 atom stereocenters. The molecule has 0 saturated carbocycles. The predicted octanol–water partition coefficient (Wildman–Crippen LogP) is 3.19. The molecule has 0 bridgehead atoms. The van der Waals surface area contributed by atoms with Crippen molar-refractivity contribution in [2.45, 2.75) is 13.0 Å². The minimum Gasteiger partial charge on any atom is -0.367 e. The highest BCUT2D eigenvalue weighted by atomic mass is 19.3. The number of hydrogen-bond acceptors (Lipinski definition) is 5. The fraction of sp³-hybridized carbons (Fsp3) is 0.286. The summed E-state index contributed by atoms with van der Waals surface area (Å²) >= 11 is 0. The molecular weight excluding hydrogens is 395 g/mol. The summed E-state index contributed by atoms with van der Waals surface area (Å²) in [4.78, 5) is 22.6. The Morgan fingerprint density at radius 2 is 1.93 bits per heavy atom. The maximum Gasteiger partial charge on any atom is 0.269 e. The molecule has 1 aliphatic heterocycles. The minimum atomic E-state index is -2.85. The molecular formula is C21H18F3N5O. The van der Waals surface area contributed by atoms with Crippen molar-refractivity contribution < 1.29 is 13.2 Å². The Morgan fingerprint density at radius 3 is 2.60 bits per heavy atom. The van der Waals surface area contributed by atoms with Gasteiger partial charge < -0.3 is 9.88 Å². The SMILES string of the molecule is N#Cc1ccc(N2CCN(Cc3cnc4cc(C(F)F)c(=O)[nH]c4c3)CC2)c(F)c1. The Bertz CT molecular complexity index is 1180. The highest BCUT2D eigenvalue weighted by Crippen LogP contribution is 2.23. The van der Waals surface area contributed by atoms with Gasteiger partial charge in [-0.1, -0.05) is 0 Å². The van der Waals surface area contributed by atoms with Gasteiger partial charge in [0.25, 0.3) is 12.0 Å². The number of nitrogens with zero attached hydrogens (tertiary/aromatic N) is 4. The molecule has 30 heavy (non-hydrogen) atoms. The average molecular weight is 413 g/mol. The van der Waals surface area contributed by atoms with Crippen molar-refractivity contribution in [3.63, 3.8) is 0 Å². The van der Waals surface area contributed by atoms with Gasteiger partial charge in [0.15, 0.2) is 0 Å². The van der Waals surface area contributed by atoms with E-state index in [9.17, 15) is 18.0 Å². The van der Waals surface area contributed by atoms with Gasteiger partial charge in [-0.3, -0.25) is 14.7 Å². The third-order valence-electron chi connectivity index (χ3n) is 5.21. The minimum absolute atomic E-state index is 0.289. The molecule has 1 aliphatic rings. The van der Waals surface area contributed by atoms with Gasteiger partial charge in [-0.25, -0.2) is 13.2 Å². The van der Waals surface area contributed by atoms with Crippen LogP contribution in [0.15, 0.2) is 41.3 Å². The van der Waals surface area contributed by atoms with Crippen LogP contribution in [0.5, 0.6) is 0 Å². The lowest BCUT2D eigenvalue weighted by Crippen LogP contribution is -2.46. The van der Waals surface area contributed by atoms with Gasteiger partial charge >= 0.3 is 0 Å². The molecule has 0 spiro atoms. The Balaban J connectivity index is 1.44. The first-order chi connectivity index (χ1) is 14.4. The number of fused-ring (bicyclic) bond motifs is 1. The fourth-order valence-corrected chi connectivity index (χ4v) is 3.63. The first-order valence-electron chi connectivity index (χ1n) is 9.41. The zero-order valence-electron chi connectivity index (χ0n) is 15.9. The molecule has 9 heteroatoms. The molecule has 2 aromatic heterocycles. The Labute approximate surface area is 170 Å². The van der Waals surface area contributed by atoms with E-state index in [1.807, 2.05) is 11.0 Å². The lowest BCUT2D eigenvalue weighted by Gasteiger charge is -2.36. The monoisotopic (exact) mass is 413 g/mol. The number of halogens is 3. The summed E-state index contributed by atoms with van der Waals surface area (Å²) in [5.41, 5.74) is 0.949. The van der Waals surface area contributed by atoms with Crippen molar-refractivity contribution in [1.29, 1.82) is 5.26 Å². The number of nitrogens with one attached hydrogen (secondary N) is 1. The average Bonchev–Trinajstić information content (AvgIpc) is 2.73. The number of pyridine rings is 2. The normalized spacial score (nSPS) is 15.0. The van der Waals surface area contributed by atoms with E-state index in [1.165, 1.54) is 6.07 Å². The number of hydrogen-bond donors (Lipinski definition) is 1. The topological polar surface area (TPSA) is 76.0 Å². The van der Waals surface area contributed by atoms with Crippen molar-refractivity contribution in [3.05, 3.63) is 69.4 Å². The van der Waals surface area contributed by atoms with Crippen LogP contribution in [0.1, 0.15) is 23.1 Å². The molecule has 1 fully saturated rings. The lowest BCUT2D eigenvalue weighted by molar-refractivity contribution is 0.150. The number of benzene rings is 1. The van der Waals surface area contributed by atoms with Gasteiger partial charge in [0.1, 0.15) is 5.82 Å². The molecule has 3 aromatic rings. The highest BCUT2D eigenvalue weighted by Gasteiger charge is 2.20. The van der Waals surface area contributed by atoms with Crippen molar-refractivity contribution in [3.8, 4) is 6.07 Å². The smallest absolute Gasteiger partial charge is 0.269 e. The van der Waals surface area contributed by atoms with E-state index in [2.05, 4.69) is 14.9 Å². The molecule has 0 unspecified atom stereocenters. The summed E-state index contributed by atoms with van der Waals surface area (Å²) in [6.45, 7) is 3.21. The van der Waals surface area contributed by atoms with E-state index in [4.69, 9.17) is 5.26 Å². The van der Waals surface area contributed by atoms with Gasteiger partial charge in [0.05, 0.1) is 33.9 Å². The van der Waals surface area contributed by atoms with Gasteiger partial charge in [0, 0.05) is 38.9 Å². The predicted molar refractivity (Wildman–Crippen MR) is 106 cm³/mol. The molecule has 1 N–H and O–H groups in total. The molecule has 0 radical (unpaired) electrons. The first kappa shape index (κ1) is 19.9. The second-order valence-corrected chi connectivity index (χ2v) is 7.17. The van der Waals surface area contributed by atoms with E-state index in [-0.39, 0.29) is 5.56 Å². The quantitative estimate of drug-likeness (QED) is 0.711. The summed E-state index contributed by atoms with van der Waals surface area (Å²) in [6, 6.07) is 9.25. The van der Waals surface area contributed by atoms with E-state index >= 15 is 0 Å². The Morgan fingerprint density at radius 1 is 1.17 bits per heavy atom. The zero-order chi connectivity index (χ0) is 21.3. The van der Waals surface area contributed by atoms with Gasteiger partial charge in [-0.05, 0) is 35.9 Å². The van der Waals surface area contributed by atoms with Crippen LogP contribution in [-0.2, 0) is 6.54 Å². The molecule has 154 valence electrons. The number of aromatic nitrogens is 2. The van der Waals surface area contributed by atoms with Crippen molar-refractivity contribution in [2.24, 2.45) is 0 Å². The van der Waals surface area contributed by atoms with Crippen LogP contribution in [0.3, 0.4) is 0 Å². The number of H-pyrrole nitrogens is 1. The van der Waals surface area contributed by atoms with E-state index in [0.717, 1.165) is 11.6 Å². The fourth-order valence-electron chi connectivity index (χ4n) is 3.63. The molecule has 1 saturated heterocycles. The second kappa shape index (κ2) is 8.16. The van der Waals surface area contributed by atoms with Gasteiger partial charge in [-0.15, -0.1) is 0 Å². The van der Waals surface area contributed by atoms with E-state index in [1.54, 1.807) is 24.4 Å². The number of alkyl halides is 2. The van der Waals surface area contributed by atoms with Crippen LogP contribution >= 0.6 is 0 Å². The Hall–Kier alpha value is -3.38. The third kappa shape index (κ3) is 4.00. The number of piperazine rings is 1. The summed E-state index contributed by atoms with van der Waals surface area (Å²) in [5, 5.41) is 8.86. The first-order valence-corrected chi connectivity index (χ1v) is 9.41. The molecule has 0 amide bonds. The van der Waals surface area contributed by atoms with Crippen LogP contribution in [0.25, 0.3) is 11.0 Å². The Kier molecular flexibility index (Phi) is 5.42. The van der Waals surface area contributed by atoms with E-state index in [0.29, 0.717) is 49.4 Å². The second-order valence-electron chi connectivity index (χ2n) is 7.17. The molecule has 3 heterocycles. The van der Waals surface area contributed by atoms with Crippen LogP contribution in [0.2, 0.25) is 0 Å². The van der Waals surface area contributed by atoms with Crippen molar-refractivity contribution >= 4 is 16.7 Å².